The minimum absolute atomic E-state index is 0.163. The Morgan fingerprint density at radius 3 is 2.59 bits per heavy atom. The van der Waals surface area contributed by atoms with Crippen molar-refractivity contribution in [3.05, 3.63) is 98.8 Å². The molecule has 0 aliphatic carbocycles. The number of aromatic nitrogens is 3. The first-order valence-electron chi connectivity index (χ1n) is 10.6. The molecule has 5 rings (SSSR count). The lowest BCUT2D eigenvalue weighted by Crippen LogP contribution is -2.28. The van der Waals surface area contributed by atoms with E-state index in [9.17, 15) is 18.8 Å². The van der Waals surface area contributed by atoms with E-state index in [4.69, 9.17) is 11.6 Å². The largest absolute Gasteiger partial charge is 0.338 e. The van der Waals surface area contributed by atoms with E-state index in [1.807, 2.05) is 0 Å². The number of carbonyl (C=O) groups is 2. The summed E-state index contributed by atoms with van der Waals surface area (Å²) in [6.07, 6.45) is 2.05. The van der Waals surface area contributed by atoms with Crippen molar-refractivity contribution in [1.29, 1.82) is 0 Å². The topological polar surface area (TPSA) is 99.6 Å². The summed E-state index contributed by atoms with van der Waals surface area (Å²) in [5.74, 6) is -1.20. The van der Waals surface area contributed by atoms with Crippen LogP contribution in [0.5, 0.6) is 0 Å². The van der Waals surface area contributed by atoms with Gasteiger partial charge in [-0.15, -0.1) is 0 Å². The molecular weight excluding hydrogens is 461 g/mol. The molecule has 0 radical (unpaired) electrons. The lowest BCUT2D eigenvalue weighted by molar-refractivity contribution is 0.0790. The number of nitrogens with one attached hydrogen (secondary N) is 2. The molecule has 2 aromatic carbocycles. The van der Waals surface area contributed by atoms with Crippen molar-refractivity contribution in [2.24, 2.45) is 0 Å². The number of likely N-dealkylation sites (tertiary alicyclic amines) is 1. The van der Waals surface area contributed by atoms with Crippen LogP contribution in [0.4, 0.5) is 10.1 Å². The van der Waals surface area contributed by atoms with Crippen molar-refractivity contribution < 1.29 is 14.0 Å². The van der Waals surface area contributed by atoms with E-state index < -0.39 is 11.7 Å². The van der Waals surface area contributed by atoms with Gasteiger partial charge in [-0.25, -0.2) is 13.9 Å². The van der Waals surface area contributed by atoms with Gasteiger partial charge in [0.05, 0.1) is 5.69 Å². The van der Waals surface area contributed by atoms with Gasteiger partial charge >= 0.3 is 0 Å². The highest BCUT2D eigenvalue weighted by molar-refractivity contribution is 6.30. The number of hydrogen-bond acceptors (Lipinski definition) is 4. The van der Waals surface area contributed by atoms with Gasteiger partial charge in [-0.05, 0) is 55.0 Å². The fourth-order valence-electron chi connectivity index (χ4n) is 4.07. The van der Waals surface area contributed by atoms with Crippen molar-refractivity contribution in [2.45, 2.75) is 12.3 Å². The molecule has 0 spiro atoms. The predicted molar refractivity (Wildman–Crippen MR) is 125 cm³/mol. The van der Waals surface area contributed by atoms with Crippen LogP contribution < -0.4 is 10.9 Å². The van der Waals surface area contributed by atoms with Crippen LogP contribution in [0.15, 0.2) is 65.6 Å². The van der Waals surface area contributed by atoms with Gasteiger partial charge < -0.3 is 10.2 Å². The monoisotopic (exact) mass is 479 g/mol. The van der Waals surface area contributed by atoms with Gasteiger partial charge in [0.2, 0.25) is 0 Å². The maximum absolute atomic E-state index is 13.2. The van der Waals surface area contributed by atoms with Crippen LogP contribution in [0.1, 0.15) is 38.7 Å². The summed E-state index contributed by atoms with van der Waals surface area (Å²) < 4.78 is 14.4. The Morgan fingerprint density at radius 2 is 1.85 bits per heavy atom. The number of fused-ring (bicyclic) bond motifs is 1. The molecule has 0 bridgehead atoms. The second-order valence-corrected chi connectivity index (χ2v) is 8.51. The number of hydrogen-bond donors (Lipinski definition) is 2. The summed E-state index contributed by atoms with van der Waals surface area (Å²) in [7, 11) is 0. The van der Waals surface area contributed by atoms with E-state index in [0.29, 0.717) is 41.5 Å². The highest BCUT2D eigenvalue weighted by atomic mass is 35.5. The van der Waals surface area contributed by atoms with Crippen LogP contribution in [0.2, 0.25) is 5.02 Å². The third-order valence-electron chi connectivity index (χ3n) is 5.85. The molecule has 3 heterocycles. The molecule has 2 aromatic heterocycles. The molecule has 1 atom stereocenters. The number of benzene rings is 2. The van der Waals surface area contributed by atoms with Crippen molar-refractivity contribution >= 4 is 34.7 Å². The van der Waals surface area contributed by atoms with E-state index in [0.717, 1.165) is 0 Å². The summed E-state index contributed by atoms with van der Waals surface area (Å²) in [6, 6.07) is 13.5. The van der Waals surface area contributed by atoms with Gasteiger partial charge in [0, 0.05) is 47.5 Å². The molecule has 1 fully saturated rings. The SMILES string of the molecule is O=C(Nc1ccc(Cl)cc1)c1c[nH]n2c(=O)cc([C@H]3CCN(C(=O)c4ccc(F)cc4)C3)nc12. The number of aromatic amines is 1. The third kappa shape index (κ3) is 4.17. The van der Waals surface area contributed by atoms with Gasteiger partial charge in [-0.1, -0.05) is 11.6 Å². The first-order chi connectivity index (χ1) is 16.4. The Labute approximate surface area is 198 Å². The molecule has 8 nitrogen and oxygen atoms in total. The van der Waals surface area contributed by atoms with Crippen LogP contribution in [0.3, 0.4) is 0 Å². The molecule has 4 aromatic rings. The molecule has 172 valence electrons. The van der Waals surface area contributed by atoms with Crippen LogP contribution in [0, 0.1) is 5.82 Å². The summed E-state index contributed by atoms with van der Waals surface area (Å²) in [5, 5.41) is 6.08. The normalized spacial score (nSPS) is 15.6. The first-order valence-corrected chi connectivity index (χ1v) is 11.0. The van der Waals surface area contributed by atoms with Crippen LogP contribution >= 0.6 is 11.6 Å². The summed E-state index contributed by atoms with van der Waals surface area (Å²) in [4.78, 5) is 44.5. The van der Waals surface area contributed by atoms with Crippen LogP contribution in [-0.4, -0.2) is 44.4 Å². The summed E-state index contributed by atoms with van der Waals surface area (Å²) in [6.45, 7) is 0.856. The van der Waals surface area contributed by atoms with Crippen molar-refractivity contribution in [3.8, 4) is 0 Å². The maximum atomic E-state index is 13.2. The van der Waals surface area contributed by atoms with Crippen LogP contribution in [0.25, 0.3) is 5.65 Å². The Kier molecular flexibility index (Phi) is 5.62. The number of rotatable bonds is 4. The highest BCUT2D eigenvalue weighted by Gasteiger charge is 2.30. The van der Waals surface area contributed by atoms with Crippen molar-refractivity contribution in [2.75, 3.05) is 18.4 Å². The Balaban J connectivity index is 1.38. The molecule has 0 saturated carbocycles. The molecule has 1 aliphatic heterocycles. The van der Waals surface area contributed by atoms with Gasteiger partial charge in [-0.2, -0.15) is 0 Å². The second-order valence-electron chi connectivity index (χ2n) is 8.07. The van der Waals surface area contributed by atoms with E-state index in [-0.39, 0.29) is 28.6 Å². The quantitative estimate of drug-likeness (QED) is 0.466. The molecule has 2 amide bonds. The van der Waals surface area contributed by atoms with E-state index in [1.54, 1.807) is 29.2 Å². The number of amides is 2. The Bertz CT molecular complexity index is 1450. The first kappa shape index (κ1) is 21.8. The van der Waals surface area contributed by atoms with Gasteiger partial charge in [0.1, 0.15) is 11.4 Å². The minimum Gasteiger partial charge on any atom is -0.338 e. The summed E-state index contributed by atoms with van der Waals surface area (Å²) >= 11 is 5.89. The highest BCUT2D eigenvalue weighted by Crippen LogP contribution is 2.27. The molecular formula is C24H19ClFN5O3. The van der Waals surface area contributed by atoms with Gasteiger partial charge in [0.15, 0.2) is 5.65 Å². The third-order valence-corrected chi connectivity index (χ3v) is 6.10. The molecule has 0 unspecified atom stereocenters. The minimum atomic E-state index is -0.426. The molecule has 1 aliphatic rings. The Morgan fingerprint density at radius 1 is 1.12 bits per heavy atom. The zero-order valence-electron chi connectivity index (χ0n) is 17.8. The molecule has 2 N–H and O–H groups in total. The predicted octanol–water partition coefficient (Wildman–Crippen LogP) is 3.70. The lowest BCUT2D eigenvalue weighted by Gasteiger charge is -2.16. The molecule has 34 heavy (non-hydrogen) atoms. The van der Waals surface area contributed by atoms with Crippen molar-refractivity contribution in [3.63, 3.8) is 0 Å². The van der Waals surface area contributed by atoms with E-state index in [2.05, 4.69) is 15.4 Å². The average molecular weight is 480 g/mol. The molecule has 1 saturated heterocycles. The zero-order chi connectivity index (χ0) is 23.8. The average Bonchev–Trinajstić information content (AvgIpc) is 3.48. The smallest absolute Gasteiger partial charge is 0.272 e. The number of anilines is 1. The number of nitrogens with zero attached hydrogens (tertiary/aromatic N) is 3. The summed E-state index contributed by atoms with van der Waals surface area (Å²) in [5.41, 5.74) is 1.53. The second kappa shape index (κ2) is 8.75. The number of halogens is 2. The number of H-pyrrole nitrogens is 1. The van der Waals surface area contributed by atoms with Crippen LogP contribution in [-0.2, 0) is 0 Å². The lowest BCUT2D eigenvalue weighted by atomic mass is 10.0. The van der Waals surface area contributed by atoms with Gasteiger partial charge in [0.25, 0.3) is 17.4 Å². The zero-order valence-corrected chi connectivity index (χ0v) is 18.6. The fraction of sp³-hybridized carbons (Fsp3) is 0.167. The Hall–Kier alpha value is -3.98. The number of carbonyl (C=O) groups excluding carboxylic acids is 2. The van der Waals surface area contributed by atoms with E-state index >= 15 is 0 Å². The fourth-order valence-corrected chi connectivity index (χ4v) is 4.19. The van der Waals surface area contributed by atoms with E-state index in [1.165, 1.54) is 41.0 Å². The molecule has 10 heteroatoms. The maximum Gasteiger partial charge on any atom is 0.272 e. The van der Waals surface area contributed by atoms with Crippen molar-refractivity contribution in [1.82, 2.24) is 19.5 Å². The standard InChI is InChI=1S/C24H19ClFN5O3/c25-16-3-7-18(8-4-16)28-23(33)19-12-27-31-21(32)11-20(29-22(19)31)15-9-10-30(13-15)24(34)14-1-5-17(26)6-2-14/h1-8,11-12,15,27H,9-10,13H2,(H,28,33)/t15-/m0/s1. The van der Waals surface area contributed by atoms with Gasteiger partial charge in [-0.3, -0.25) is 19.5 Å².